The van der Waals surface area contributed by atoms with Crippen molar-refractivity contribution in [1.29, 1.82) is 0 Å². The van der Waals surface area contributed by atoms with Crippen molar-refractivity contribution >= 4 is 16.9 Å². The lowest BCUT2D eigenvalue weighted by Gasteiger charge is -2.28. The zero-order valence-corrected chi connectivity index (χ0v) is 17.1. The number of benzene rings is 3. The molecule has 0 aliphatic carbocycles. The second-order valence-corrected chi connectivity index (χ2v) is 7.58. The van der Waals surface area contributed by atoms with Crippen molar-refractivity contribution in [3.8, 4) is 11.5 Å². The third-order valence-electron chi connectivity index (χ3n) is 5.33. The number of halogens is 3. The number of imidazole rings is 1. The Morgan fingerprint density at radius 1 is 1.00 bits per heavy atom. The van der Waals surface area contributed by atoms with Gasteiger partial charge in [-0.3, -0.25) is 4.79 Å². The van der Waals surface area contributed by atoms with Crippen LogP contribution in [-0.2, 0) is 11.0 Å². The number of hydrogen-bond acceptors (Lipinski definition) is 4. The number of nitrogens with one attached hydrogen (secondary N) is 2. The second kappa shape index (κ2) is 8.16. The van der Waals surface area contributed by atoms with Crippen LogP contribution in [0, 0.1) is 0 Å². The summed E-state index contributed by atoms with van der Waals surface area (Å²) in [6.45, 7) is 0.0406. The topological polar surface area (TPSA) is 76.2 Å². The SMILES string of the molecule is O=C(NC(c1ccccc1)c1ccc2nc(C(F)(F)F)[nH]c2c1)C1COc2ccccc2O1. The summed E-state index contributed by atoms with van der Waals surface area (Å²) in [7, 11) is 0. The van der Waals surface area contributed by atoms with Gasteiger partial charge in [-0.1, -0.05) is 48.5 Å². The van der Waals surface area contributed by atoms with E-state index in [1.807, 2.05) is 36.4 Å². The Morgan fingerprint density at radius 2 is 1.73 bits per heavy atom. The van der Waals surface area contributed by atoms with E-state index < -0.39 is 30.1 Å². The number of carbonyl (C=O) groups is 1. The molecular weight excluding hydrogens is 435 g/mol. The first-order valence-electron chi connectivity index (χ1n) is 10.2. The number of amides is 1. The van der Waals surface area contributed by atoms with Crippen LogP contribution < -0.4 is 14.8 Å². The lowest BCUT2D eigenvalue weighted by molar-refractivity contribution is -0.144. The van der Waals surface area contributed by atoms with E-state index in [1.165, 1.54) is 6.07 Å². The molecule has 168 valence electrons. The Labute approximate surface area is 186 Å². The van der Waals surface area contributed by atoms with E-state index >= 15 is 0 Å². The van der Waals surface area contributed by atoms with Gasteiger partial charge in [0, 0.05) is 0 Å². The number of H-pyrrole nitrogens is 1. The molecular formula is C24H18F3N3O3. The van der Waals surface area contributed by atoms with Crippen LogP contribution in [-0.4, -0.2) is 28.6 Å². The van der Waals surface area contributed by atoms with E-state index in [9.17, 15) is 18.0 Å². The van der Waals surface area contributed by atoms with Gasteiger partial charge in [-0.15, -0.1) is 0 Å². The number of aromatic amines is 1. The minimum absolute atomic E-state index is 0.0406. The molecule has 6 nitrogen and oxygen atoms in total. The molecule has 9 heteroatoms. The van der Waals surface area contributed by atoms with E-state index in [2.05, 4.69) is 15.3 Å². The Morgan fingerprint density at radius 3 is 2.48 bits per heavy atom. The van der Waals surface area contributed by atoms with Gasteiger partial charge in [0.2, 0.25) is 11.9 Å². The molecule has 5 rings (SSSR count). The number of rotatable bonds is 4. The highest BCUT2D eigenvalue weighted by Gasteiger charge is 2.35. The van der Waals surface area contributed by atoms with Gasteiger partial charge < -0.3 is 19.8 Å². The standard InChI is InChI=1S/C24H18F3N3O3/c25-24(26,27)23-28-16-11-10-15(12-17(16)29-23)21(14-6-2-1-3-7-14)30-22(31)20-13-32-18-8-4-5-9-19(18)33-20/h1-12,20-21H,13H2,(H,28,29)(H,30,31). The maximum absolute atomic E-state index is 13.1. The summed E-state index contributed by atoms with van der Waals surface area (Å²) < 4.78 is 50.6. The lowest BCUT2D eigenvalue weighted by atomic mass is 9.98. The largest absolute Gasteiger partial charge is 0.485 e. The van der Waals surface area contributed by atoms with Gasteiger partial charge in [0.15, 0.2) is 11.5 Å². The number of nitrogens with zero attached hydrogens (tertiary/aromatic N) is 1. The molecule has 2 atom stereocenters. The molecule has 0 spiro atoms. The summed E-state index contributed by atoms with van der Waals surface area (Å²) in [4.78, 5) is 19.0. The van der Waals surface area contributed by atoms with E-state index in [1.54, 1.807) is 30.3 Å². The summed E-state index contributed by atoms with van der Waals surface area (Å²) in [5, 5.41) is 2.95. The highest BCUT2D eigenvalue weighted by molar-refractivity contribution is 5.83. The van der Waals surface area contributed by atoms with Crippen LogP contribution in [0.1, 0.15) is 23.0 Å². The minimum atomic E-state index is -4.58. The molecule has 0 radical (unpaired) electrons. The van der Waals surface area contributed by atoms with E-state index in [4.69, 9.17) is 9.47 Å². The first-order valence-corrected chi connectivity index (χ1v) is 10.2. The summed E-state index contributed by atoms with van der Waals surface area (Å²) in [5.74, 6) is -0.439. The third kappa shape index (κ3) is 4.21. The van der Waals surface area contributed by atoms with Crippen LogP contribution in [0.4, 0.5) is 13.2 Å². The van der Waals surface area contributed by atoms with Crippen LogP contribution in [0.5, 0.6) is 11.5 Å². The van der Waals surface area contributed by atoms with Crippen molar-refractivity contribution in [3.63, 3.8) is 0 Å². The number of aromatic nitrogens is 2. The number of para-hydroxylation sites is 2. The highest BCUT2D eigenvalue weighted by Crippen LogP contribution is 2.32. The zero-order valence-electron chi connectivity index (χ0n) is 17.1. The van der Waals surface area contributed by atoms with E-state index in [-0.39, 0.29) is 17.6 Å². The Kier molecular flexibility index (Phi) is 5.16. The molecule has 3 aromatic carbocycles. The fourth-order valence-electron chi connectivity index (χ4n) is 3.73. The smallest absolute Gasteiger partial charge is 0.449 e. The first-order chi connectivity index (χ1) is 15.9. The molecule has 0 saturated heterocycles. The molecule has 1 aliphatic rings. The maximum Gasteiger partial charge on any atom is 0.449 e. The molecule has 1 amide bonds. The van der Waals surface area contributed by atoms with Crippen molar-refractivity contribution < 1.29 is 27.4 Å². The number of ether oxygens (including phenoxy) is 2. The molecule has 2 heterocycles. The second-order valence-electron chi connectivity index (χ2n) is 7.58. The molecule has 0 saturated carbocycles. The average molecular weight is 453 g/mol. The van der Waals surface area contributed by atoms with Gasteiger partial charge in [0.1, 0.15) is 6.61 Å². The quantitative estimate of drug-likeness (QED) is 0.473. The van der Waals surface area contributed by atoms with Crippen LogP contribution in [0.2, 0.25) is 0 Å². The fourth-order valence-corrected chi connectivity index (χ4v) is 3.73. The van der Waals surface area contributed by atoms with E-state index in [0.717, 1.165) is 5.56 Å². The van der Waals surface area contributed by atoms with Crippen molar-refractivity contribution in [2.24, 2.45) is 0 Å². The summed E-state index contributed by atoms with van der Waals surface area (Å²) >= 11 is 0. The predicted molar refractivity (Wildman–Crippen MR) is 114 cm³/mol. The average Bonchev–Trinajstić information content (AvgIpc) is 3.27. The first kappa shape index (κ1) is 20.9. The van der Waals surface area contributed by atoms with Crippen molar-refractivity contribution in [2.45, 2.75) is 18.3 Å². The predicted octanol–water partition coefficient (Wildman–Crippen LogP) is 4.63. The van der Waals surface area contributed by atoms with Crippen molar-refractivity contribution in [1.82, 2.24) is 15.3 Å². The number of carbonyl (C=O) groups excluding carboxylic acids is 1. The Balaban J connectivity index is 1.45. The Bertz CT molecular complexity index is 1300. The molecule has 33 heavy (non-hydrogen) atoms. The van der Waals surface area contributed by atoms with Crippen molar-refractivity contribution in [2.75, 3.05) is 6.61 Å². The van der Waals surface area contributed by atoms with Crippen LogP contribution in [0.25, 0.3) is 11.0 Å². The summed E-state index contributed by atoms with van der Waals surface area (Å²) in [5.41, 5.74) is 1.76. The van der Waals surface area contributed by atoms with E-state index in [0.29, 0.717) is 17.1 Å². The molecule has 0 fully saturated rings. The fraction of sp³-hybridized carbons (Fsp3) is 0.167. The summed E-state index contributed by atoms with van der Waals surface area (Å²) in [6, 6.07) is 20.3. The van der Waals surface area contributed by atoms with Gasteiger partial charge in [-0.05, 0) is 35.4 Å². The normalized spacial score (nSPS) is 16.4. The molecule has 4 aromatic rings. The van der Waals surface area contributed by atoms with Crippen LogP contribution in [0.3, 0.4) is 0 Å². The van der Waals surface area contributed by atoms with Crippen LogP contribution >= 0.6 is 0 Å². The molecule has 2 unspecified atom stereocenters. The highest BCUT2D eigenvalue weighted by atomic mass is 19.4. The maximum atomic E-state index is 13.1. The number of alkyl halides is 3. The van der Waals surface area contributed by atoms with Gasteiger partial charge in [-0.25, -0.2) is 4.98 Å². The zero-order chi connectivity index (χ0) is 23.0. The molecule has 1 aromatic heterocycles. The Hall–Kier alpha value is -4.01. The number of hydrogen-bond donors (Lipinski definition) is 2. The lowest BCUT2D eigenvalue weighted by Crippen LogP contribution is -2.45. The summed E-state index contributed by atoms with van der Waals surface area (Å²) in [6.07, 6.45) is -5.46. The molecule has 0 bridgehead atoms. The monoisotopic (exact) mass is 453 g/mol. The third-order valence-corrected chi connectivity index (χ3v) is 5.33. The molecule has 1 aliphatic heterocycles. The van der Waals surface area contributed by atoms with Gasteiger partial charge in [-0.2, -0.15) is 13.2 Å². The molecule has 2 N–H and O–H groups in total. The van der Waals surface area contributed by atoms with Gasteiger partial charge in [0.25, 0.3) is 5.91 Å². The van der Waals surface area contributed by atoms with Crippen molar-refractivity contribution in [3.05, 3.63) is 89.7 Å². The van der Waals surface area contributed by atoms with Gasteiger partial charge >= 0.3 is 6.18 Å². The minimum Gasteiger partial charge on any atom is -0.485 e. The van der Waals surface area contributed by atoms with Gasteiger partial charge in [0.05, 0.1) is 17.1 Å². The van der Waals surface area contributed by atoms with Crippen LogP contribution in [0.15, 0.2) is 72.8 Å². The number of fused-ring (bicyclic) bond motifs is 2.